The molecule has 1 aliphatic rings. The van der Waals surface area contributed by atoms with Crippen LogP contribution in [0.3, 0.4) is 0 Å². The summed E-state index contributed by atoms with van der Waals surface area (Å²) in [4.78, 5) is 27.0. The van der Waals surface area contributed by atoms with Crippen LogP contribution >= 0.6 is 23.2 Å². The lowest BCUT2D eigenvalue weighted by Crippen LogP contribution is -2.28. The van der Waals surface area contributed by atoms with Crippen molar-refractivity contribution in [3.8, 4) is 0 Å². The molecule has 1 aliphatic heterocycles. The normalized spacial score (nSPS) is 16.7. The van der Waals surface area contributed by atoms with Gasteiger partial charge >= 0.3 is 0 Å². The maximum Gasteiger partial charge on any atom is 0.229 e. The van der Waals surface area contributed by atoms with Crippen LogP contribution in [0.2, 0.25) is 10.0 Å². The summed E-state index contributed by atoms with van der Waals surface area (Å²) in [7, 11) is 0. The number of hydrogen-bond donors (Lipinski definition) is 1. The van der Waals surface area contributed by atoms with Gasteiger partial charge in [-0.15, -0.1) is 0 Å². The van der Waals surface area contributed by atoms with Gasteiger partial charge in [-0.05, 0) is 29.7 Å². The van der Waals surface area contributed by atoms with Crippen LogP contribution in [0.4, 0.5) is 11.4 Å². The van der Waals surface area contributed by atoms with Crippen LogP contribution in [-0.2, 0) is 9.59 Å². The summed E-state index contributed by atoms with van der Waals surface area (Å²) in [5.74, 6) is -0.759. The monoisotopic (exact) mass is 398 g/mol. The number of benzene rings is 3. The largest absolute Gasteiger partial charge is 0.324 e. The summed E-state index contributed by atoms with van der Waals surface area (Å²) >= 11 is 12.1. The highest BCUT2D eigenvalue weighted by atomic mass is 35.5. The Morgan fingerprint density at radius 3 is 2.67 bits per heavy atom. The zero-order valence-corrected chi connectivity index (χ0v) is 15.8. The number of amides is 2. The van der Waals surface area contributed by atoms with Crippen molar-refractivity contribution in [2.45, 2.75) is 6.42 Å². The van der Waals surface area contributed by atoms with Gasteiger partial charge in [0, 0.05) is 23.4 Å². The molecule has 0 aromatic heterocycles. The fraction of sp³-hybridized carbons (Fsp3) is 0.143. The van der Waals surface area contributed by atoms with Gasteiger partial charge in [-0.25, -0.2) is 0 Å². The minimum absolute atomic E-state index is 0.0660. The highest BCUT2D eigenvalue weighted by Crippen LogP contribution is 2.33. The Morgan fingerprint density at radius 2 is 1.81 bits per heavy atom. The highest BCUT2D eigenvalue weighted by molar-refractivity contribution is 6.35. The van der Waals surface area contributed by atoms with E-state index in [0.717, 1.165) is 16.5 Å². The standard InChI is InChI=1S/C21H16Cl2N2O2/c22-15-8-9-17(23)18(11-15)24-21(27)14-10-20(26)25(12-14)19-7-3-5-13-4-1-2-6-16(13)19/h1-9,11,14H,10,12H2,(H,24,27)/t14-/m1/s1. The third-order valence-corrected chi connectivity index (χ3v) is 5.30. The third-order valence-electron chi connectivity index (χ3n) is 4.74. The molecule has 0 bridgehead atoms. The van der Waals surface area contributed by atoms with Crippen molar-refractivity contribution in [1.82, 2.24) is 0 Å². The van der Waals surface area contributed by atoms with Crippen LogP contribution in [0.1, 0.15) is 6.42 Å². The quantitative estimate of drug-likeness (QED) is 0.663. The first kappa shape index (κ1) is 17.8. The number of hydrogen-bond acceptors (Lipinski definition) is 2. The summed E-state index contributed by atoms with van der Waals surface area (Å²) in [5.41, 5.74) is 1.28. The van der Waals surface area contributed by atoms with E-state index in [1.807, 2.05) is 42.5 Å². The Morgan fingerprint density at radius 1 is 1.04 bits per heavy atom. The number of fused-ring (bicyclic) bond motifs is 1. The topological polar surface area (TPSA) is 49.4 Å². The lowest BCUT2D eigenvalue weighted by Gasteiger charge is -2.19. The van der Waals surface area contributed by atoms with Crippen LogP contribution < -0.4 is 10.2 Å². The number of nitrogens with one attached hydrogen (secondary N) is 1. The molecule has 0 saturated carbocycles. The minimum Gasteiger partial charge on any atom is -0.324 e. The summed E-state index contributed by atoms with van der Waals surface area (Å²) in [6.45, 7) is 0.330. The van der Waals surface area contributed by atoms with E-state index in [0.29, 0.717) is 22.3 Å². The number of nitrogens with zero attached hydrogens (tertiary/aromatic N) is 1. The Bertz CT molecular complexity index is 1050. The number of rotatable bonds is 3. The maximum atomic E-state index is 12.7. The van der Waals surface area contributed by atoms with E-state index in [1.165, 1.54) is 0 Å². The minimum atomic E-state index is -0.452. The van der Waals surface area contributed by atoms with Crippen LogP contribution in [0, 0.1) is 5.92 Å². The average molecular weight is 399 g/mol. The van der Waals surface area contributed by atoms with Gasteiger partial charge in [0.15, 0.2) is 0 Å². The molecule has 136 valence electrons. The molecule has 27 heavy (non-hydrogen) atoms. The molecule has 1 saturated heterocycles. The molecule has 1 heterocycles. The Hall–Kier alpha value is -2.56. The first-order valence-corrected chi connectivity index (χ1v) is 9.32. The molecule has 2 amide bonds. The lowest BCUT2D eigenvalue weighted by molar-refractivity contribution is -0.122. The van der Waals surface area contributed by atoms with Gasteiger partial charge in [-0.1, -0.05) is 59.6 Å². The van der Waals surface area contributed by atoms with Crippen LogP contribution in [0.15, 0.2) is 60.7 Å². The fourth-order valence-electron chi connectivity index (χ4n) is 3.39. The molecular weight excluding hydrogens is 383 g/mol. The van der Waals surface area contributed by atoms with Crippen LogP contribution in [0.25, 0.3) is 10.8 Å². The van der Waals surface area contributed by atoms with Crippen LogP contribution in [0.5, 0.6) is 0 Å². The summed E-state index contributed by atoms with van der Waals surface area (Å²) in [6.07, 6.45) is 0.160. The zero-order chi connectivity index (χ0) is 19.0. The second kappa shape index (κ2) is 7.22. The molecule has 4 rings (SSSR count). The van der Waals surface area contributed by atoms with Crippen molar-refractivity contribution in [1.29, 1.82) is 0 Å². The molecule has 4 nitrogen and oxygen atoms in total. The zero-order valence-electron chi connectivity index (χ0n) is 14.3. The predicted octanol–water partition coefficient (Wildman–Crippen LogP) is 5.14. The average Bonchev–Trinajstić information content (AvgIpc) is 3.06. The first-order chi connectivity index (χ1) is 13.0. The molecule has 0 spiro atoms. The third kappa shape index (κ3) is 3.51. The van der Waals surface area contributed by atoms with Gasteiger partial charge in [-0.2, -0.15) is 0 Å². The maximum absolute atomic E-state index is 12.7. The second-order valence-electron chi connectivity index (χ2n) is 6.52. The van der Waals surface area contributed by atoms with Gasteiger partial charge < -0.3 is 10.2 Å². The first-order valence-electron chi connectivity index (χ1n) is 8.57. The van der Waals surface area contributed by atoms with Gasteiger partial charge in [0.2, 0.25) is 11.8 Å². The SMILES string of the molecule is O=C(Nc1cc(Cl)ccc1Cl)[C@@H]1CC(=O)N(c2cccc3ccccc23)C1. The lowest BCUT2D eigenvalue weighted by atomic mass is 10.1. The Balaban J connectivity index is 1.57. The molecule has 0 unspecified atom stereocenters. The van der Waals surface area contributed by atoms with Crippen molar-refractivity contribution < 1.29 is 9.59 Å². The van der Waals surface area contributed by atoms with Crippen molar-refractivity contribution in [2.75, 3.05) is 16.8 Å². The second-order valence-corrected chi connectivity index (χ2v) is 7.36. The van der Waals surface area contributed by atoms with E-state index in [2.05, 4.69) is 5.32 Å². The number of carbonyl (C=O) groups excluding carboxylic acids is 2. The van der Waals surface area contributed by atoms with Gasteiger partial charge in [0.05, 0.1) is 22.3 Å². The van der Waals surface area contributed by atoms with E-state index < -0.39 is 5.92 Å². The molecular formula is C21H16Cl2N2O2. The molecule has 3 aromatic rings. The number of carbonyl (C=O) groups is 2. The number of anilines is 2. The van der Waals surface area contributed by atoms with Crippen LogP contribution in [-0.4, -0.2) is 18.4 Å². The van der Waals surface area contributed by atoms with Crippen molar-refractivity contribution >= 4 is 57.2 Å². The highest BCUT2D eigenvalue weighted by Gasteiger charge is 2.35. The van der Waals surface area contributed by atoms with Crippen molar-refractivity contribution in [2.24, 2.45) is 5.92 Å². The summed E-state index contributed by atoms with van der Waals surface area (Å²) in [5, 5.41) is 5.72. The fourth-order valence-corrected chi connectivity index (χ4v) is 3.72. The summed E-state index contributed by atoms with van der Waals surface area (Å²) in [6, 6.07) is 18.6. The Kier molecular flexibility index (Phi) is 4.77. The Labute approximate surface area is 166 Å². The number of halogens is 2. The van der Waals surface area contributed by atoms with E-state index in [-0.39, 0.29) is 18.2 Å². The summed E-state index contributed by atoms with van der Waals surface area (Å²) < 4.78 is 0. The van der Waals surface area contributed by atoms with Crippen molar-refractivity contribution in [3.05, 3.63) is 70.7 Å². The molecule has 6 heteroatoms. The van der Waals surface area contributed by atoms with E-state index in [9.17, 15) is 9.59 Å². The molecule has 1 atom stereocenters. The molecule has 0 radical (unpaired) electrons. The molecule has 1 fully saturated rings. The van der Waals surface area contributed by atoms with Gasteiger partial charge in [-0.3, -0.25) is 9.59 Å². The predicted molar refractivity (Wildman–Crippen MR) is 109 cm³/mol. The molecule has 1 N–H and O–H groups in total. The smallest absolute Gasteiger partial charge is 0.229 e. The molecule has 3 aromatic carbocycles. The molecule has 0 aliphatic carbocycles. The van der Waals surface area contributed by atoms with Crippen molar-refractivity contribution in [3.63, 3.8) is 0 Å². The van der Waals surface area contributed by atoms with Gasteiger partial charge in [0.1, 0.15) is 0 Å². The van der Waals surface area contributed by atoms with E-state index in [1.54, 1.807) is 23.1 Å². The van der Waals surface area contributed by atoms with E-state index in [4.69, 9.17) is 23.2 Å². The van der Waals surface area contributed by atoms with Gasteiger partial charge in [0.25, 0.3) is 0 Å². The van der Waals surface area contributed by atoms with E-state index >= 15 is 0 Å².